The standard InChI is InChI=1S/C34H17N3S3/c1-4-10-23-20(8-1)28-29-21-9-3-6-12-25(21)39-33(29)30-31-27(16-35-17-36-31)40-34(30)32(28)37(23)18-13-14-26-22(15-18)19-7-2-5-11-24(19)38-26/h1-17H. The predicted molar refractivity (Wildman–Crippen MR) is 175 cm³/mol. The lowest BCUT2D eigenvalue weighted by molar-refractivity contribution is 1.20. The lowest BCUT2D eigenvalue weighted by atomic mass is 10.0. The molecule has 0 aliphatic rings. The highest BCUT2D eigenvalue weighted by Gasteiger charge is 2.25. The van der Waals surface area contributed by atoms with Crippen LogP contribution in [0.1, 0.15) is 0 Å². The lowest BCUT2D eigenvalue weighted by Gasteiger charge is -2.10. The van der Waals surface area contributed by atoms with Gasteiger partial charge in [-0.15, -0.1) is 34.0 Å². The molecule has 0 aliphatic carbocycles. The molecule has 0 saturated carbocycles. The molecule has 0 amide bonds. The van der Waals surface area contributed by atoms with E-state index in [9.17, 15) is 0 Å². The molecule has 0 atom stereocenters. The summed E-state index contributed by atoms with van der Waals surface area (Å²) in [6, 6.07) is 33.4. The summed E-state index contributed by atoms with van der Waals surface area (Å²) in [5.74, 6) is 0. The van der Waals surface area contributed by atoms with Crippen LogP contribution in [0.15, 0.2) is 104 Å². The Kier molecular flexibility index (Phi) is 4.10. The molecule has 0 radical (unpaired) electrons. The van der Waals surface area contributed by atoms with Gasteiger partial charge in [-0.1, -0.05) is 54.6 Å². The fourth-order valence-corrected chi connectivity index (χ4v) is 10.1. The molecule has 6 heteroatoms. The van der Waals surface area contributed by atoms with Gasteiger partial charge >= 0.3 is 0 Å². The van der Waals surface area contributed by atoms with E-state index in [1.807, 2.05) is 40.2 Å². The molecule has 0 fully saturated rings. The van der Waals surface area contributed by atoms with Crippen molar-refractivity contribution in [1.82, 2.24) is 14.5 Å². The monoisotopic (exact) mass is 563 g/mol. The molecule has 0 N–H and O–H groups in total. The fourth-order valence-electron chi connectivity index (χ4n) is 6.52. The Bertz CT molecular complexity index is 2670. The Morgan fingerprint density at radius 1 is 0.550 bits per heavy atom. The number of para-hydroxylation sites is 1. The first-order valence-electron chi connectivity index (χ1n) is 13.2. The van der Waals surface area contributed by atoms with Crippen LogP contribution < -0.4 is 0 Å². The van der Waals surface area contributed by atoms with Crippen molar-refractivity contribution in [3.63, 3.8) is 0 Å². The minimum atomic E-state index is 1.05. The largest absolute Gasteiger partial charge is 0.308 e. The van der Waals surface area contributed by atoms with E-state index < -0.39 is 0 Å². The van der Waals surface area contributed by atoms with E-state index in [-0.39, 0.29) is 0 Å². The molecule has 0 aliphatic heterocycles. The molecule has 0 spiro atoms. The fraction of sp³-hybridized carbons (Fsp3) is 0. The summed E-state index contributed by atoms with van der Waals surface area (Å²) in [7, 11) is 0. The summed E-state index contributed by atoms with van der Waals surface area (Å²) in [6.07, 6.45) is 3.65. The number of hydrogen-bond acceptors (Lipinski definition) is 5. The van der Waals surface area contributed by atoms with Crippen molar-refractivity contribution < 1.29 is 0 Å². The van der Waals surface area contributed by atoms with Gasteiger partial charge < -0.3 is 4.57 Å². The third-order valence-corrected chi connectivity index (χ3v) is 11.6. The summed E-state index contributed by atoms with van der Waals surface area (Å²) < 4.78 is 10.2. The van der Waals surface area contributed by atoms with Crippen LogP contribution in [0.5, 0.6) is 0 Å². The van der Waals surface area contributed by atoms with E-state index >= 15 is 0 Å². The molecule has 5 aromatic heterocycles. The molecule has 40 heavy (non-hydrogen) atoms. The van der Waals surface area contributed by atoms with Crippen LogP contribution in [0.2, 0.25) is 0 Å². The van der Waals surface area contributed by atoms with E-state index in [4.69, 9.17) is 4.98 Å². The zero-order valence-electron chi connectivity index (χ0n) is 20.9. The van der Waals surface area contributed by atoms with Gasteiger partial charge in [0.25, 0.3) is 0 Å². The van der Waals surface area contributed by atoms with Gasteiger partial charge in [0, 0.05) is 68.4 Å². The van der Waals surface area contributed by atoms with Gasteiger partial charge in [-0.2, -0.15) is 0 Å². The second-order valence-corrected chi connectivity index (χ2v) is 13.4. The minimum Gasteiger partial charge on any atom is -0.308 e. The Labute approximate surface area is 239 Å². The number of fused-ring (bicyclic) bond motifs is 15. The van der Waals surface area contributed by atoms with Gasteiger partial charge in [0.15, 0.2) is 0 Å². The van der Waals surface area contributed by atoms with Crippen molar-refractivity contribution in [2.45, 2.75) is 0 Å². The van der Waals surface area contributed by atoms with Gasteiger partial charge in [-0.25, -0.2) is 9.97 Å². The predicted octanol–water partition coefficient (Wildman–Crippen LogP) is 10.7. The van der Waals surface area contributed by atoms with Crippen molar-refractivity contribution in [2.75, 3.05) is 0 Å². The summed E-state index contributed by atoms with van der Waals surface area (Å²) in [5, 5.41) is 9.13. The molecule has 0 bridgehead atoms. The van der Waals surface area contributed by atoms with Gasteiger partial charge in [0.05, 0.1) is 25.9 Å². The Morgan fingerprint density at radius 3 is 2.17 bits per heavy atom. The quantitative estimate of drug-likeness (QED) is 0.199. The average Bonchev–Trinajstić information content (AvgIpc) is 3.75. The molecule has 3 nitrogen and oxygen atoms in total. The van der Waals surface area contributed by atoms with E-state index in [1.165, 1.54) is 77.9 Å². The van der Waals surface area contributed by atoms with E-state index in [1.54, 1.807) is 6.33 Å². The SMILES string of the molecule is c1ccc2c(c1)sc1ccc(-n3c4ccccc4c4c5c6ccccc6sc5c5c6ncncc6sc5c43)cc12. The van der Waals surface area contributed by atoms with Crippen LogP contribution in [0.4, 0.5) is 0 Å². The summed E-state index contributed by atoms with van der Waals surface area (Å²) in [6.45, 7) is 0. The highest BCUT2D eigenvalue weighted by Crippen LogP contribution is 2.51. The van der Waals surface area contributed by atoms with Gasteiger partial charge in [-0.05, 0) is 36.4 Å². The second kappa shape index (κ2) is 7.64. The van der Waals surface area contributed by atoms with Crippen molar-refractivity contribution in [1.29, 1.82) is 0 Å². The Hall–Kier alpha value is -4.36. The topological polar surface area (TPSA) is 30.7 Å². The van der Waals surface area contributed by atoms with Gasteiger partial charge in [0.1, 0.15) is 6.33 Å². The van der Waals surface area contributed by atoms with Crippen molar-refractivity contribution >= 4 is 116 Å². The summed E-state index contributed by atoms with van der Waals surface area (Å²) in [5.41, 5.74) is 4.72. The first kappa shape index (κ1) is 21.5. The molecule has 5 aromatic carbocycles. The minimum absolute atomic E-state index is 1.05. The number of rotatable bonds is 1. The van der Waals surface area contributed by atoms with E-state index in [0.29, 0.717) is 0 Å². The molecule has 0 unspecified atom stereocenters. The molecule has 10 aromatic rings. The highest BCUT2D eigenvalue weighted by atomic mass is 32.1. The third-order valence-electron chi connectivity index (χ3n) is 8.14. The molecular weight excluding hydrogens is 547 g/mol. The maximum absolute atomic E-state index is 4.82. The number of benzene rings is 5. The van der Waals surface area contributed by atoms with Crippen LogP contribution in [0.3, 0.4) is 0 Å². The van der Waals surface area contributed by atoms with Crippen LogP contribution >= 0.6 is 34.0 Å². The maximum atomic E-state index is 4.82. The normalized spacial score (nSPS) is 12.5. The lowest BCUT2D eigenvalue weighted by Crippen LogP contribution is -1.93. The molecule has 5 heterocycles. The van der Waals surface area contributed by atoms with E-state index in [2.05, 4.69) is 101 Å². The average molecular weight is 564 g/mol. The van der Waals surface area contributed by atoms with E-state index in [0.717, 1.165) is 10.2 Å². The van der Waals surface area contributed by atoms with Crippen LogP contribution in [-0.2, 0) is 0 Å². The molecular formula is C34H17N3S3. The first-order valence-corrected chi connectivity index (χ1v) is 15.6. The third kappa shape index (κ3) is 2.63. The zero-order chi connectivity index (χ0) is 25.9. The number of aromatic nitrogens is 3. The van der Waals surface area contributed by atoms with Crippen LogP contribution in [0.25, 0.3) is 88.1 Å². The molecule has 10 rings (SSSR count). The summed E-state index contributed by atoms with van der Waals surface area (Å²) >= 11 is 5.56. The van der Waals surface area contributed by atoms with Gasteiger partial charge in [0.2, 0.25) is 0 Å². The molecule has 0 saturated heterocycles. The van der Waals surface area contributed by atoms with Crippen LogP contribution in [0, 0.1) is 0 Å². The Morgan fingerprint density at radius 2 is 1.27 bits per heavy atom. The number of thiophene rings is 3. The zero-order valence-corrected chi connectivity index (χ0v) is 23.3. The van der Waals surface area contributed by atoms with Crippen molar-refractivity contribution in [2.24, 2.45) is 0 Å². The summed E-state index contributed by atoms with van der Waals surface area (Å²) in [4.78, 5) is 9.21. The smallest absolute Gasteiger partial charge is 0.116 e. The van der Waals surface area contributed by atoms with Crippen molar-refractivity contribution in [3.05, 3.63) is 104 Å². The first-order chi connectivity index (χ1) is 19.8. The van der Waals surface area contributed by atoms with Gasteiger partial charge in [-0.3, -0.25) is 0 Å². The van der Waals surface area contributed by atoms with Crippen LogP contribution in [-0.4, -0.2) is 14.5 Å². The van der Waals surface area contributed by atoms with Crippen molar-refractivity contribution in [3.8, 4) is 5.69 Å². The number of nitrogens with zero attached hydrogens (tertiary/aromatic N) is 3. The molecule has 186 valence electrons. The highest BCUT2D eigenvalue weighted by molar-refractivity contribution is 7.30. The Balaban J connectivity index is 1.50. The second-order valence-electron chi connectivity index (χ2n) is 10.2. The number of hydrogen-bond donors (Lipinski definition) is 0. The maximum Gasteiger partial charge on any atom is 0.116 e.